The van der Waals surface area contributed by atoms with Crippen molar-refractivity contribution >= 4 is 34.0 Å². The van der Waals surface area contributed by atoms with Crippen LogP contribution in [0.2, 0.25) is 0 Å². The second-order valence-electron chi connectivity index (χ2n) is 11.4. The summed E-state index contributed by atoms with van der Waals surface area (Å²) >= 11 is 0. The number of nitrogens with zero attached hydrogens (tertiary/aromatic N) is 7. The second kappa shape index (κ2) is 10.4. The van der Waals surface area contributed by atoms with Crippen molar-refractivity contribution in [2.24, 2.45) is 13.0 Å². The zero-order chi connectivity index (χ0) is 28.8. The lowest BCUT2D eigenvalue weighted by molar-refractivity contribution is -0.120. The van der Waals surface area contributed by atoms with E-state index >= 15 is 0 Å². The van der Waals surface area contributed by atoms with Crippen molar-refractivity contribution < 1.29 is 9.53 Å². The molecule has 210 valence electrons. The van der Waals surface area contributed by atoms with E-state index in [-0.39, 0.29) is 35.4 Å². The smallest absolute Gasteiger partial charge is 0.270 e. The third-order valence-electron chi connectivity index (χ3n) is 8.96. The highest BCUT2D eigenvalue weighted by Crippen LogP contribution is 2.40. The molecule has 0 bridgehead atoms. The number of carbonyl (C=O) groups excluding carboxylic acids is 1. The number of rotatable bonds is 6. The van der Waals surface area contributed by atoms with Crippen LogP contribution in [0.25, 0.3) is 11.0 Å². The molecule has 2 saturated carbocycles. The zero-order valence-corrected chi connectivity index (χ0v) is 23.6. The number of amides is 1. The number of carbonyl (C=O) groups is 1. The molecule has 41 heavy (non-hydrogen) atoms. The van der Waals surface area contributed by atoms with Gasteiger partial charge in [0, 0.05) is 45.5 Å². The molecule has 3 aromatic rings. The van der Waals surface area contributed by atoms with Crippen molar-refractivity contribution in [1.29, 1.82) is 10.5 Å². The molecular formula is C31H33N7O3. The topological polar surface area (TPSA) is 118 Å². The number of pyridine rings is 2. The van der Waals surface area contributed by atoms with Gasteiger partial charge in [0.15, 0.2) is 6.61 Å². The Bertz CT molecular complexity index is 1670. The summed E-state index contributed by atoms with van der Waals surface area (Å²) in [4.78, 5) is 36.1. The average molecular weight is 552 g/mol. The summed E-state index contributed by atoms with van der Waals surface area (Å²) < 4.78 is 7.09. The summed E-state index contributed by atoms with van der Waals surface area (Å²) in [6.45, 7) is 1.05. The number of ether oxygens (including phenoxy) is 1. The van der Waals surface area contributed by atoms with E-state index in [2.05, 4.69) is 34.2 Å². The molecule has 1 amide bonds. The van der Waals surface area contributed by atoms with Crippen LogP contribution in [-0.4, -0.2) is 54.8 Å². The molecule has 3 aliphatic rings. The number of benzene rings is 1. The maximum atomic E-state index is 13.1. The molecule has 0 spiro atoms. The minimum absolute atomic E-state index is 0.0525. The second-order valence-corrected chi connectivity index (χ2v) is 11.4. The fourth-order valence-corrected chi connectivity index (χ4v) is 6.32. The Labute approximate surface area is 239 Å². The first-order chi connectivity index (χ1) is 19.8. The lowest BCUT2D eigenvalue weighted by Crippen LogP contribution is -2.45. The van der Waals surface area contributed by atoms with Crippen molar-refractivity contribution in [3.05, 3.63) is 51.9 Å². The largest absolute Gasteiger partial charge is 0.482 e. The first-order valence-corrected chi connectivity index (χ1v) is 14.2. The average Bonchev–Trinajstić information content (AvgIpc) is 3.83. The number of fused-ring (bicyclic) bond motifs is 2. The molecule has 10 nitrogen and oxygen atoms in total. The van der Waals surface area contributed by atoms with Crippen LogP contribution in [0.3, 0.4) is 0 Å². The van der Waals surface area contributed by atoms with Crippen LogP contribution in [0.5, 0.6) is 5.75 Å². The predicted molar refractivity (Wildman–Crippen MR) is 156 cm³/mol. The molecule has 1 aliphatic heterocycles. The highest BCUT2D eigenvalue weighted by Gasteiger charge is 2.34. The number of nitriles is 2. The molecule has 0 saturated heterocycles. The number of anilines is 3. The van der Waals surface area contributed by atoms with Gasteiger partial charge in [0.25, 0.3) is 11.5 Å². The van der Waals surface area contributed by atoms with Crippen LogP contribution < -0.4 is 25.0 Å². The van der Waals surface area contributed by atoms with Crippen LogP contribution in [0.1, 0.15) is 49.8 Å². The molecule has 6 rings (SSSR count). The summed E-state index contributed by atoms with van der Waals surface area (Å²) in [6, 6.07) is 14.1. The van der Waals surface area contributed by atoms with Crippen LogP contribution in [0, 0.1) is 28.6 Å². The number of aryl methyl sites for hydroxylation is 1. The van der Waals surface area contributed by atoms with Crippen molar-refractivity contribution in [3.8, 4) is 17.9 Å². The van der Waals surface area contributed by atoms with E-state index in [9.17, 15) is 20.1 Å². The molecule has 2 fully saturated rings. The highest BCUT2D eigenvalue weighted by atomic mass is 16.5. The SMILES string of the molecule is CN1C(=O)COc2ccc(N(CC3CC3)[C@H]3CC[C@@H](N(C)c4c(C#N)c(=O)n(C)c5ccc(C#N)nc45)CC3)cc21. The first-order valence-electron chi connectivity index (χ1n) is 14.2. The lowest BCUT2D eigenvalue weighted by Gasteiger charge is -2.42. The van der Waals surface area contributed by atoms with E-state index in [1.165, 1.54) is 17.4 Å². The maximum Gasteiger partial charge on any atom is 0.270 e. The van der Waals surface area contributed by atoms with Gasteiger partial charge in [0.1, 0.15) is 34.7 Å². The molecule has 0 radical (unpaired) electrons. The Hall–Kier alpha value is -4.57. The maximum absolute atomic E-state index is 13.1. The van der Waals surface area contributed by atoms with Gasteiger partial charge in [0.05, 0.1) is 16.9 Å². The standard InChI is InChI=1S/C31H33N7O3/c1-35(30-24(16-33)31(40)37(3)25-12-6-20(15-32)34-29(25)30)21-7-9-22(10-8-21)38(17-19-4-5-19)23-11-13-27-26(14-23)36(2)28(39)18-41-27/h6,11-14,19,21-22H,4-5,7-10,17-18H2,1-3H3/t21-,22+. The molecule has 2 aliphatic carbocycles. The summed E-state index contributed by atoms with van der Waals surface area (Å²) in [6.07, 6.45) is 6.15. The molecule has 3 heterocycles. The Morgan fingerprint density at radius 2 is 1.73 bits per heavy atom. The molecule has 10 heteroatoms. The molecule has 2 aromatic heterocycles. The van der Waals surface area contributed by atoms with Crippen LogP contribution in [0.15, 0.2) is 35.1 Å². The van der Waals surface area contributed by atoms with E-state index in [1.54, 1.807) is 31.1 Å². The highest BCUT2D eigenvalue weighted by molar-refractivity contribution is 5.98. The monoisotopic (exact) mass is 551 g/mol. The molecular weight excluding hydrogens is 518 g/mol. The van der Waals surface area contributed by atoms with Crippen molar-refractivity contribution in [2.75, 3.05) is 41.9 Å². The zero-order valence-electron chi connectivity index (χ0n) is 23.6. The van der Waals surface area contributed by atoms with Gasteiger partial charge in [-0.1, -0.05) is 0 Å². The number of hydrogen-bond donors (Lipinski definition) is 0. The van der Waals surface area contributed by atoms with Gasteiger partial charge in [-0.15, -0.1) is 0 Å². The Balaban J connectivity index is 1.27. The van der Waals surface area contributed by atoms with Gasteiger partial charge in [-0.05, 0) is 74.8 Å². The quantitative estimate of drug-likeness (QED) is 0.455. The molecule has 0 unspecified atom stereocenters. The Kier molecular flexibility index (Phi) is 6.78. The van der Waals surface area contributed by atoms with Gasteiger partial charge in [-0.3, -0.25) is 9.59 Å². The first kappa shape index (κ1) is 26.6. The van der Waals surface area contributed by atoms with Gasteiger partial charge < -0.3 is 24.0 Å². The molecule has 0 N–H and O–H groups in total. The summed E-state index contributed by atoms with van der Waals surface area (Å²) in [7, 11) is 5.35. The third kappa shape index (κ3) is 4.74. The predicted octanol–water partition coefficient (Wildman–Crippen LogP) is 3.70. The summed E-state index contributed by atoms with van der Waals surface area (Å²) in [5, 5.41) is 19.5. The van der Waals surface area contributed by atoms with Gasteiger partial charge in [0.2, 0.25) is 0 Å². The van der Waals surface area contributed by atoms with Crippen molar-refractivity contribution in [1.82, 2.24) is 9.55 Å². The van der Waals surface area contributed by atoms with Crippen LogP contribution >= 0.6 is 0 Å². The van der Waals surface area contributed by atoms with E-state index in [4.69, 9.17) is 4.74 Å². The number of hydrogen-bond acceptors (Lipinski definition) is 8. The van der Waals surface area contributed by atoms with Crippen LogP contribution in [-0.2, 0) is 11.8 Å². The normalized spacial score (nSPS) is 20.1. The fourth-order valence-electron chi connectivity index (χ4n) is 6.32. The Morgan fingerprint density at radius 3 is 2.41 bits per heavy atom. The van der Waals surface area contributed by atoms with Gasteiger partial charge >= 0.3 is 0 Å². The lowest BCUT2D eigenvalue weighted by atomic mass is 9.88. The van der Waals surface area contributed by atoms with Crippen LogP contribution in [0.4, 0.5) is 17.1 Å². The van der Waals surface area contributed by atoms with E-state index in [0.717, 1.165) is 49.4 Å². The molecule has 0 atom stereocenters. The summed E-state index contributed by atoms with van der Waals surface area (Å²) in [5.41, 5.74) is 3.45. The van der Waals surface area contributed by atoms with Crippen molar-refractivity contribution in [2.45, 2.75) is 50.6 Å². The minimum atomic E-state index is -0.363. The third-order valence-corrected chi connectivity index (χ3v) is 8.96. The summed E-state index contributed by atoms with van der Waals surface area (Å²) in [5.74, 6) is 1.37. The minimum Gasteiger partial charge on any atom is -0.482 e. The fraction of sp³-hybridized carbons (Fsp3) is 0.452. The van der Waals surface area contributed by atoms with E-state index < -0.39 is 0 Å². The number of likely N-dealkylation sites (N-methyl/N-ethyl adjacent to an activating group) is 1. The van der Waals surface area contributed by atoms with Gasteiger partial charge in [-0.2, -0.15) is 10.5 Å². The van der Waals surface area contributed by atoms with E-state index in [1.807, 2.05) is 18.0 Å². The van der Waals surface area contributed by atoms with E-state index in [0.29, 0.717) is 28.7 Å². The molecule has 1 aromatic carbocycles. The van der Waals surface area contributed by atoms with Crippen molar-refractivity contribution in [3.63, 3.8) is 0 Å². The van der Waals surface area contributed by atoms with Gasteiger partial charge in [-0.25, -0.2) is 4.98 Å². The number of aromatic nitrogens is 2. The Morgan fingerprint density at radius 1 is 1.00 bits per heavy atom.